The fourth-order valence-electron chi connectivity index (χ4n) is 3.10. The summed E-state index contributed by atoms with van der Waals surface area (Å²) in [6.45, 7) is -0.266. The van der Waals surface area contributed by atoms with Gasteiger partial charge in [0.25, 0.3) is 5.56 Å². The van der Waals surface area contributed by atoms with Crippen LogP contribution in [0.1, 0.15) is 29.4 Å². The van der Waals surface area contributed by atoms with Crippen molar-refractivity contribution in [2.24, 2.45) is 5.92 Å². The first-order valence-corrected chi connectivity index (χ1v) is 8.48. The van der Waals surface area contributed by atoms with E-state index in [9.17, 15) is 22.4 Å². The molecule has 0 aromatic carbocycles. The van der Waals surface area contributed by atoms with Gasteiger partial charge in [-0.2, -0.15) is 23.5 Å². The van der Waals surface area contributed by atoms with E-state index in [1.165, 1.54) is 6.07 Å². The number of alkyl halides is 3. The molecule has 28 heavy (non-hydrogen) atoms. The summed E-state index contributed by atoms with van der Waals surface area (Å²) in [6.07, 6.45) is -4.21. The fraction of sp³-hybridized carbons (Fsp3) is 0.294. The Morgan fingerprint density at radius 3 is 2.68 bits per heavy atom. The molecule has 6 nitrogen and oxygen atoms in total. The molecule has 3 aromatic rings. The molecule has 3 heterocycles. The number of pyridine rings is 1. The molecule has 0 saturated heterocycles. The van der Waals surface area contributed by atoms with E-state index >= 15 is 0 Å². The van der Waals surface area contributed by atoms with Gasteiger partial charge >= 0.3 is 6.18 Å². The molecule has 144 valence electrons. The van der Waals surface area contributed by atoms with Crippen molar-refractivity contribution in [2.75, 3.05) is 0 Å². The van der Waals surface area contributed by atoms with Gasteiger partial charge in [0.1, 0.15) is 16.6 Å². The van der Waals surface area contributed by atoms with Crippen LogP contribution in [0.2, 0.25) is 5.15 Å². The lowest BCUT2D eigenvalue weighted by atomic mass is 10.2. The van der Waals surface area contributed by atoms with Crippen molar-refractivity contribution in [2.45, 2.75) is 25.1 Å². The minimum absolute atomic E-state index is 0.0876. The first kappa shape index (κ1) is 18.4. The molecule has 0 N–H and O–H groups in total. The molecule has 11 heteroatoms. The van der Waals surface area contributed by atoms with Crippen LogP contribution < -0.4 is 5.56 Å². The minimum atomic E-state index is -4.65. The van der Waals surface area contributed by atoms with Crippen LogP contribution in [0.3, 0.4) is 0 Å². The monoisotopic (exact) mass is 411 g/mol. The summed E-state index contributed by atoms with van der Waals surface area (Å²) in [5, 5.41) is 12.1. The highest BCUT2D eigenvalue weighted by Gasteiger charge is 2.42. The third kappa shape index (κ3) is 3.11. The number of aromatic nitrogens is 4. The second-order valence-electron chi connectivity index (χ2n) is 6.43. The second-order valence-corrected chi connectivity index (χ2v) is 6.82. The maximum Gasteiger partial charge on any atom is 0.435 e. The van der Waals surface area contributed by atoms with E-state index in [0.29, 0.717) is 12.5 Å². The van der Waals surface area contributed by atoms with E-state index in [0.717, 1.165) is 21.2 Å². The highest BCUT2D eigenvalue weighted by Crippen LogP contribution is 2.47. The number of rotatable bonds is 3. The number of fused-ring (bicyclic) bond motifs is 1. The van der Waals surface area contributed by atoms with Crippen LogP contribution in [0, 0.1) is 23.1 Å². The predicted octanol–water partition coefficient (Wildman–Crippen LogP) is 3.38. The van der Waals surface area contributed by atoms with E-state index in [-0.39, 0.29) is 34.7 Å². The highest BCUT2D eigenvalue weighted by atomic mass is 35.5. The summed E-state index contributed by atoms with van der Waals surface area (Å²) in [6, 6.07) is 6.25. The van der Waals surface area contributed by atoms with Crippen LogP contribution in [0.4, 0.5) is 17.6 Å². The number of hydrogen-bond acceptors (Lipinski definition) is 4. The molecule has 1 saturated carbocycles. The molecule has 0 spiro atoms. The van der Waals surface area contributed by atoms with Crippen LogP contribution in [0.25, 0.3) is 5.65 Å². The summed E-state index contributed by atoms with van der Waals surface area (Å²) in [4.78, 5) is 16.8. The number of nitriles is 1. The molecule has 0 amide bonds. The van der Waals surface area contributed by atoms with Crippen molar-refractivity contribution in [3.63, 3.8) is 0 Å². The molecule has 0 aliphatic heterocycles. The summed E-state index contributed by atoms with van der Waals surface area (Å²) < 4.78 is 54.5. The van der Waals surface area contributed by atoms with Crippen LogP contribution in [0.15, 0.2) is 29.1 Å². The van der Waals surface area contributed by atoms with Gasteiger partial charge in [0, 0.05) is 18.1 Å². The molecule has 1 aliphatic rings. The normalized spacial score (nSPS) is 19.0. The molecule has 4 rings (SSSR count). The Labute approximate surface area is 159 Å². The summed E-state index contributed by atoms with van der Waals surface area (Å²) >= 11 is 5.80. The zero-order valence-corrected chi connectivity index (χ0v) is 14.7. The Balaban J connectivity index is 1.76. The van der Waals surface area contributed by atoms with Crippen LogP contribution >= 0.6 is 11.6 Å². The number of nitrogens with zero attached hydrogens (tertiary/aromatic N) is 5. The Kier molecular flexibility index (Phi) is 4.15. The number of halogens is 5. The topological polar surface area (TPSA) is 76.0 Å². The second kappa shape index (κ2) is 6.31. The van der Waals surface area contributed by atoms with Gasteiger partial charge in [0.05, 0.1) is 29.9 Å². The van der Waals surface area contributed by atoms with Gasteiger partial charge in [-0.15, -0.1) is 0 Å². The van der Waals surface area contributed by atoms with Gasteiger partial charge in [-0.1, -0.05) is 11.6 Å². The van der Waals surface area contributed by atoms with E-state index < -0.39 is 29.2 Å². The van der Waals surface area contributed by atoms with Crippen LogP contribution in [-0.4, -0.2) is 19.2 Å². The molecule has 1 aliphatic carbocycles. The largest absolute Gasteiger partial charge is 0.435 e. The van der Waals surface area contributed by atoms with Crippen molar-refractivity contribution in [1.29, 1.82) is 5.26 Å². The lowest BCUT2D eigenvalue weighted by Gasteiger charge is -2.10. The zero-order chi connectivity index (χ0) is 20.2. The lowest BCUT2D eigenvalue weighted by molar-refractivity contribution is -0.141. The minimum Gasteiger partial charge on any atom is -0.269 e. The SMILES string of the molecule is N#C[C@@H]1C[C@H]1c1c(F)ccc2nc(Cn3nc(C(F)(F)F)cc3Cl)cc(=O)n12. The standard InChI is InChI=1S/C17H10ClF4N5O/c18-13-5-12(17(20,21)22)25-26(13)7-9-4-15(28)27-14(24-9)2-1-11(19)16(27)10-3-8(10)6-23/h1-2,4-5,8,10H,3,7H2/t8-,10+/m0/s1. The zero-order valence-electron chi connectivity index (χ0n) is 13.9. The Morgan fingerprint density at radius 1 is 1.32 bits per heavy atom. The van der Waals surface area contributed by atoms with Gasteiger partial charge in [-0.3, -0.25) is 9.20 Å². The average Bonchev–Trinajstić information content (AvgIpc) is 3.30. The van der Waals surface area contributed by atoms with Gasteiger partial charge in [0.15, 0.2) is 5.69 Å². The lowest BCUT2D eigenvalue weighted by Crippen LogP contribution is -2.21. The molecular weight excluding hydrogens is 402 g/mol. The van der Waals surface area contributed by atoms with Gasteiger partial charge < -0.3 is 0 Å². The highest BCUT2D eigenvalue weighted by molar-refractivity contribution is 6.29. The van der Waals surface area contributed by atoms with Crippen molar-refractivity contribution in [3.8, 4) is 6.07 Å². The molecule has 0 unspecified atom stereocenters. The van der Waals surface area contributed by atoms with Crippen molar-refractivity contribution in [1.82, 2.24) is 19.2 Å². The van der Waals surface area contributed by atoms with E-state index in [2.05, 4.69) is 10.1 Å². The molecule has 0 radical (unpaired) electrons. The van der Waals surface area contributed by atoms with E-state index in [4.69, 9.17) is 16.9 Å². The maximum absolute atomic E-state index is 14.3. The summed E-state index contributed by atoms with van der Waals surface area (Å²) in [7, 11) is 0. The fourth-order valence-corrected chi connectivity index (χ4v) is 3.30. The Bertz CT molecular complexity index is 1190. The van der Waals surface area contributed by atoms with Crippen LogP contribution in [-0.2, 0) is 12.7 Å². The first-order valence-electron chi connectivity index (χ1n) is 8.10. The maximum atomic E-state index is 14.3. The van der Waals surface area contributed by atoms with Crippen molar-refractivity contribution < 1.29 is 17.6 Å². The smallest absolute Gasteiger partial charge is 0.269 e. The van der Waals surface area contributed by atoms with E-state index in [1.807, 2.05) is 6.07 Å². The third-order valence-corrected chi connectivity index (χ3v) is 4.81. The predicted molar refractivity (Wildman–Crippen MR) is 89.2 cm³/mol. The summed E-state index contributed by atoms with van der Waals surface area (Å²) in [5.74, 6) is -1.37. The van der Waals surface area contributed by atoms with Crippen LogP contribution in [0.5, 0.6) is 0 Å². The van der Waals surface area contributed by atoms with Crippen molar-refractivity contribution in [3.05, 3.63) is 62.7 Å². The molecule has 3 aromatic heterocycles. The third-order valence-electron chi connectivity index (χ3n) is 4.50. The Morgan fingerprint density at radius 2 is 2.07 bits per heavy atom. The first-order chi connectivity index (χ1) is 13.2. The Hall–Kier alpha value is -2.93. The van der Waals surface area contributed by atoms with Gasteiger partial charge in [-0.05, 0) is 18.6 Å². The molecule has 2 atom stereocenters. The molecule has 0 bridgehead atoms. The van der Waals surface area contributed by atoms with Crippen molar-refractivity contribution >= 4 is 17.2 Å². The summed E-state index contributed by atoms with van der Waals surface area (Å²) in [5.41, 5.74) is -1.42. The van der Waals surface area contributed by atoms with Gasteiger partial charge in [0.2, 0.25) is 0 Å². The quantitative estimate of drug-likeness (QED) is 0.619. The average molecular weight is 412 g/mol. The molecular formula is C17H10ClF4N5O. The number of hydrogen-bond donors (Lipinski definition) is 0. The van der Waals surface area contributed by atoms with Gasteiger partial charge in [-0.25, -0.2) is 14.1 Å². The molecule has 1 fully saturated rings. The van der Waals surface area contributed by atoms with E-state index in [1.54, 1.807) is 0 Å².